The van der Waals surface area contributed by atoms with Crippen LogP contribution in [0.5, 0.6) is 0 Å². The van der Waals surface area contributed by atoms with Crippen LogP contribution in [0.25, 0.3) is 11.3 Å². The summed E-state index contributed by atoms with van der Waals surface area (Å²) < 4.78 is 35.5. The average molecular weight is 531 g/mol. The predicted octanol–water partition coefficient (Wildman–Crippen LogP) is 4.14. The molecule has 1 amide bonds. The first-order chi connectivity index (χ1) is 15.7. The van der Waals surface area contributed by atoms with Crippen molar-refractivity contribution in [1.82, 2.24) is 20.2 Å². The van der Waals surface area contributed by atoms with E-state index in [1.807, 2.05) is 38.1 Å². The number of imidazole rings is 1. The number of methoxy groups -OCH3 is 1. The van der Waals surface area contributed by atoms with E-state index in [2.05, 4.69) is 36.0 Å². The van der Waals surface area contributed by atoms with Gasteiger partial charge in [-0.25, -0.2) is 9.78 Å². The number of hydrogen-bond donors (Lipinski definition) is 3. The van der Waals surface area contributed by atoms with E-state index in [1.165, 1.54) is 7.11 Å². The number of alkyl carbamates (subject to hydrolysis) is 1. The zero-order valence-corrected chi connectivity index (χ0v) is 20.3. The van der Waals surface area contributed by atoms with E-state index in [0.717, 1.165) is 15.7 Å². The van der Waals surface area contributed by atoms with Gasteiger partial charge in [0, 0.05) is 11.0 Å². The minimum atomic E-state index is -2.86. The Balaban J connectivity index is 1.86. The molecule has 2 aromatic rings. The highest BCUT2D eigenvalue weighted by atomic mass is 79.9. The summed E-state index contributed by atoms with van der Waals surface area (Å²) >= 11 is 3.42. The van der Waals surface area contributed by atoms with Gasteiger partial charge < -0.3 is 24.9 Å². The SMILES string of the molecule is COC(=O)N[C@@H](C(C)C)C(O)N1C[C@@H](COC(F)F)C[C@H]1c1ncc(-c2ccc(Br)cc2)[nH]1. The standard InChI is InChI=1S/C22H29BrF2N4O4/c1-12(2)18(28-22(31)32-3)20(30)29-10-13(11-33-21(24)25)8-17(29)19-26-9-16(27-19)14-4-6-15(23)7-5-14/h4-7,9,12-13,17-18,20-21,30H,8,10-11H2,1-3H3,(H,26,27)(H,28,31)/t13-,17-,18-,20?/m0/s1. The number of ether oxygens (including phenoxy) is 2. The molecular weight excluding hydrogens is 502 g/mol. The summed E-state index contributed by atoms with van der Waals surface area (Å²) in [6.07, 6.45) is 0.419. The monoisotopic (exact) mass is 530 g/mol. The predicted molar refractivity (Wildman–Crippen MR) is 121 cm³/mol. The summed E-state index contributed by atoms with van der Waals surface area (Å²) in [6, 6.07) is 6.70. The van der Waals surface area contributed by atoms with Gasteiger partial charge in [-0.1, -0.05) is 41.9 Å². The fourth-order valence-corrected chi connectivity index (χ4v) is 4.37. The van der Waals surface area contributed by atoms with Crippen LogP contribution in [-0.4, -0.2) is 65.2 Å². The van der Waals surface area contributed by atoms with E-state index < -0.39 is 25.0 Å². The van der Waals surface area contributed by atoms with Crippen LogP contribution in [0.2, 0.25) is 0 Å². The highest BCUT2D eigenvalue weighted by molar-refractivity contribution is 9.10. The number of aliphatic hydroxyl groups excluding tert-OH is 1. The number of rotatable bonds is 9. The van der Waals surface area contributed by atoms with Crippen molar-refractivity contribution in [2.75, 3.05) is 20.3 Å². The number of carbonyl (C=O) groups is 1. The number of likely N-dealkylation sites (tertiary alicyclic amines) is 1. The number of nitrogens with one attached hydrogen (secondary N) is 2. The average Bonchev–Trinajstić information content (AvgIpc) is 3.43. The quantitative estimate of drug-likeness (QED) is 0.450. The number of hydrogen-bond acceptors (Lipinski definition) is 6. The molecule has 1 aliphatic heterocycles. The lowest BCUT2D eigenvalue weighted by Gasteiger charge is -2.36. The Hall–Kier alpha value is -2.08. The van der Waals surface area contributed by atoms with Crippen molar-refractivity contribution >= 4 is 22.0 Å². The van der Waals surface area contributed by atoms with E-state index in [-0.39, 0.29) is 24.5 Å². The van der Waals surface area contributed by atoms with Crippen LogP contribution in [0.4, 0.5) is 13.6 Å². The molecule has 0 saturated carbocycles. The van der Waals surface area contributed by atoms with E-state index in [9.17, 15) is 18.7 Å². The molecule has 11 heteroatoms. The molecule has 0 aliphatic carbocycles. The number of halogens is 3. The summed E-state index contributed by atoms with van der Waals surface area (Å²) in [5.41, 5.74) is 1.74. The van der Waals surface area contributed by atoms with E-state index in [4.69, 9.17) is 4.74 Å². The molecule has 1 aromatic heterocycles. The summed E-state index contributed by atoms with van der Waals surface area (Å²) in [6.45, 7) is 1.03. The van der Waals surface area contributed by atoms with Gasteiger partial charge in [-0.2, -0.15) is 8.78 Å². The number of benzene rings is 1. The minimum Gasteiger partial charge on any atom is -0.453 e. The normalized spacial score (nSPS) is 20.9. The van der Waals surface area contributed by atoms with Crippen LogP contribution in [-0.2, 0) is 9.47 Å². The molecule has 2 heterocycles. The Kier molecular flexibility index (Phi) is 8.80. The molecule has 1 fully saturated rings. The Bertz CT molecular complexity index is 912. The molecule has 0 bridgehead atoms. The summed E-state index contributed by atoms with van der Waals surface area (Å²) in [5, 5.41) is 13.9. The summed E-state index contributed by atoms with van der Waals surface area (Å²) in [5.74, 6) is 0.240. The topological polar surface area (TPSA) is 99.7 Å². The molecule has 8 nitrogen and oxygen atoms in total. The second-order valence-electron chi connectivity index (χ2n) is 8.42. The smallest absolute Gasteiger partial charge is 0.407 e. The first-order valence-electron chi connectivity index (χ1n) is 10.7. The largest absolute Gasteiger partial charge is 0.453 e. The van der Waals surface area contributed by atoms with Gasteiger partial charge in [0.2, 0.25) is 0 Å². The lowest BCUT2D eigenvalue weighted by Crippen LogP contribution is -2.54. The van der Waals surface area contributed by atoms with Crippen molar-refractivity contribution in [1.29, 1.82) is 0 Å². The molecule has 3 N–H and O–H groups in total. The maximum Gasteiger partial charge on any atom is 0.407 e. The number of carbonyl (C=O) groups excluding carboxylic acids is 1. The summed E-state index contributed by atoms with van der Waals surface area (Å²) in [4.78, 5) is 21.4. The third-order valence-corrected chi connectivity index (χ3v) is 6.33. The molecule has 182 valence electrons. The second kappa shape index (κ2) is 11.4. The molecule has 33 heavy (non-hydrogen) atoms. The zero-order valence-electron chi connectivity index (χ0n) is 18.7. The highest BCUT2D eigenvalue weighted by Gasteiger charge is 2.42. The molecular formula is C22H29BrF2N4O4. The van der Waals surface area contributed by atoms with Crippen molar-refractivity contribution in [3.63, 3.8) is 0 Å². The Morgan fingerprint density at radius 3 is 2.67 bits per heavy atom. The van der Waals surface area contributed by atoms with Gasteiger partial charge in [-0.3, -0.25) is 4.90 Å². The molecule has 0 radical (unpaired) electrons. The lowest BCUT2D eigenvalue weighted by atomic mass is 10.0. The molecule has 4 atom stereocenters. The zero-order chi connectivity index (χ0) is 24.1. The third-order valence-electron chi connectivity index (χ3n) is 5.80. The van der Waals surface area contributed by atoms with Gasteiger partial charge >= 0.3 is 12.7 Å². The van der Waals surface area contributed by atoms with Crippen molar-refractivity contribution in [3.8, 4) is 11.3 Å². The number of aromatic amines is 1. The lowest BCUT2D eigenvalue weighted by molar-refractivity contribution is -0.138. The van der Waals surface area contributed by atoms with Gasteiger partial charge in [0.25, 0.3) is 0 Å². The summed E-state index contributed by atoms with van der Waals surface area (Å²) in [7, 11) is 1.25. The number of amides is 1. The van der Waals surface area contributed by atoms with Crippen molar-refractivity contribution in [3.05, 3.63) is 40.8 Å². The Morgan fingerprint density at radius 1 is 1.36 bits per heavy atom. The Labute approximate surface area is 199 Å². The minimum absolute atomic E-state index is 0.119. The van der Waals surface area contributed by atoms with Crippen molar-refractivity contribution in [2.45, 2.75) is 45.2 Å². The molecule has 1 aliphatic rings. The number of aromatic nitrogens is 2. The molecule has 1 unspecified atom stereocenters. The van der Waals surface area contributed by atoms with E-state index >= 15 is 0 Å². The molecule has 1 aromatic carbocycles. The number of H-pyrrole nitrogens is 1. The van der Waals surface area contributed by atoms with Gasteiger partial charge in [0.15, 0.2) is 0 Å². The van der Waals surface area contributed by atoms with Crippen LogP contribution in [0.15, 0.2) is 34.9 Å². The van der Waals surface area contributed by atoms with Crippen molar-refractivity contribution in [2.24, 2.45) is 11.8 Å². The number of aliphatic hydroxyl groups is 1. The van der Waals surface area contributed by atoms with Gasteiger partial charge in [0.1, 0.15) is 12.1 Å². The van der Waals surface area contributed by atoms with Crippen LogP contribution in [0, 0.1) is 11.8 Å². The van der Waals surface area contributed by atoms with Gasteiger partial charge in [0.05, 0.1) is 37.7 Å². The van der Waals surface area contributed by atoms with Crippen LogP contribution >= 0.6 is 15.9 Å². The molecule has 0 spiro atoms. The second-order valence-corrected chi connectivity index (χ2v) is 9.33. The van der Waals surface area contributed by atoms with Crippen LogP contribution in [0.1, 0.15) is 32.1 Å². The third kappa shape index (κ3) is 6.50. The number of alkyl halides is 2. The van der Waals surface area contributed by atoms with E-state index in [0.29, 0.717) is 18.8 Å². The fraction of sp³-hybridized carbons (Fsp3) is 0.545. The highest BCUT2D eigenvalue weighted by Crippen LogP contribution is 2.37. The Morgan fingerprint density at radius 2 is 2.06 bits per heavy atom. The van der Waals surface area contributed by atoms with Crippen molar-refractivity contribution < 1.29 is 28.2 Å². The first kappa shape index (κ1) is 25.5. The first-order valence-corrected chi connectivity index (χ1v) is 11.5. The van der Waals surface area contributed by atoms with E-state index in [1.54, 1.807) is 11.1 Å². The molecule has 3 rings (SSSR count). The van der Waals surface area contributed by atoms with Gasteiger partial charge in [-0.05, 0) is 36.0 Å². The molecule has 1 saturated heterocycles. The maximum absolute atomic E-state index is 12.6. The van der Waals surface area contributed by atoms with Crippen LogP contribution < -0.4 is 5.32 Å². The number of nitrogens with zero attached hydrogens (tertiary/aromatic N) is 2. The maximum atomic E-state index is 12.6. The fourth-order valence-electron chi connectivity index (χ4n) is 4.11. The van der Waals surface area contributed by atoms with Crippen LogP contribution in [0.3, 0.4) is 0 Å². The van der Waals surface area contributed by atoms with Gasteiger partial charge in [-0.15, -0.1) is 0 Å².